The van der Waals surface area contributed by atoms with E-state index in [2.05, 4.69) is 4.98 Å². The predicted octanol–water partition coefficient (Wildman–Crippen LogP) is 3.35. The molecular weight excluding hydrogens is 229 g/mol. The zero-order chi connectivity index (χ0) is 12.5. The zero-order valence-electron chi connectivity index (χ0n) is 8.70. The standard InChI is InChI=1S/C12H9F3N2/c13-12(14,15)11-7-9(16)6-10(17-11)8-4-2-1-3-5-8/h1-7H,(H2,16,17). The van der Waals surface area contributed by atoms with Crippen LogP contribution in [0.15, 0.2) is 42.5 Å². The average Bonchev–Trinajstić information content (AvgIpc) is 2.28. The lowest BCUT2D eigenvalue weighted by atomic mass is 10.1. The van der Waals surface area contributed by atoms with Gasteiger partial charge < -0.3 is 5.73 Å². The van der Waals surface area contributed by atoms with Crippen molar-refractivity contribution < 1.29 is 13.2 Å². The lowest BCUT2D eigenvalue weighted by Crippen LogP contribution is -2.09. The van der Waals surface area contributed by atoms with Crippen LogP contribution in [0.25, 0.3) is 11.3 Å². The summed E-state index contributed by atoms with van der Waals surface area (Å²) in [6.07, 6.45) is -4.49. The van der Waals surface area contributed by atoms with Crippen LogP contribution in [-0.4, -0.2) is 4.98 Å². The Balaban J connectivity index is 2.54. The van der Waals surface area contributed by atoms with Gasteiger partial charge in [-0.2, -0.15) is 13.2 Å². The maximum Gasteiger partial charge on any atom is 0.433 e. The van der Waals surface area contributed by atoms with Crippen LogP contribution in [0.3, 0.4) is 0 Å². The Labute approximate surface area is 95.9 Å². The highest BCUT2D eigenvalue weighted by atomic mass is 19.4. The van der Waals surface area contributed by atoms with E-state index < -0.39 is 11.9 Å². The van der Waals surface area contributed by atoms with Crippen molar-refractivity contribution >= 4 is 5.69 Å². The molecule has 0 amide bonds. The van der Waals surface area contributed by atoms with Gasteiger partial charge in [-0.25, -0.2) is 4.98 Å². The Bertz CT molecular complexity index is 521. The molecular formula is C12H9F3N2. The molecule has 0 aliphatic heterocycles. The first-order valence-electron chi connectivity index (χ1n) is 4.87. The first-order chi connectivity index (χ1) is 7.97. The van der Waals surface area contributed by atoms with Crippen molar-refractivity contribution in [2.75, 3.05) is 5.73 Å². The summed E-state index contributed by atoms with van der Waals surface area (Å²) in [4.78, 5) is 3.57. The Morgan fingerprint density at radius 2 is 1.65 bits per heavy atom. The summed E-state index contributed by atoms with van der Waals surface area (Å²) >= 11 is 0. The van der Waals surface area contributed by atoms with Gasteiger partial charge in [0.15, 0.2) is 0 Å². The van der Waals surface area contributed by atoms with Gasteiger partial charge in [0, 0.05) is 11.3 Å². The number of halogens is 3. The summed E-state index contributed by atoms with van der Waals surface area (Å²) in [6, 6.07) is 10.8. The van der Waals surface area contributed by atoms with Gasteiger partial charge in [-0.05, 0) is 12.1 Å². The molecule has 0 aliphatic carbocycles. The highest BCUT2D eigenvalue weighted by Gasteiger charge is 2.33. The summed E-state index contributed by atoms with van der Waals surface area (Å²) in [5.74, 6) is 0. The summed E-state index contributed by atoms with van der Waals surface area (Å²) in [7, 11) is 0. The Kier molecular flexibility index (Phi) is 2.75. The molecule has 5 heteroatoms. The molecule has 0 unspecified atom stereocenters. The second kappa shape index (κ2) is 4.08. The highest BCUT2D eigenvalue weighted by Crippen LogP contribution is 2.31. The summed E-state index contributed by atoms with van der Waals surface area (Å²) in [6.45, 7) is 0. The Morgan fingerprint density at radius 1 is 1.00 bits per heavy atom. The molecule has 1 aromatic heterocycles. The zero-order valence-corrected chi connectivity index (χ0v) is 8.70. The van der Waals surface area contributed by atoms with E-state index in [0.29, 0.717) is 5.56 Å². The molecule has 17 heavy (non-hydrogen) atoms. The monoisotopic (exact) mass is 238 g/mol. The molecule has 2 N–H and O–H groups in total. The topological polar surface area (TPSA) is 38.9 Å². The number of nitrogens with two attached hydrogens (primary N) is 1. The normalized spacial score (nSPS) is 11.5. The van der Waals surface area contributed by atoms with Gasteiger partial charge in [0.2, 0.25) is 0 Å². The van der Waals surface area contributed by atoms with E-state index in [4.69, 9.17) is 5.73 Å². The summed E-state index contributed by atoms with van der Waals surface area (Å²) in [5, 5.41) is 0. The minimum Gasteiger partial charge on any atom is -0.399 e. The third-order valence-electron chi connectivity index (χ3n) is 2.21. The number of benzene rings is 1. The number of nitrogens with zero attached hydrogens (tertiary/aromatic N) is 1. The fraction of sp³-hybridized carbons (Fsp3) is 0.0833. The van der Waals surface area contributed by atoms with Crippen molar-refractivity contribution in [3.8, 4) is 11.3 Å². The maximum atomic E-state index is 12.5. The van der Waals surface area contributed by atoms with Gasteiger partial charge in [-0.1, -0.05) is 30.3 Å². The van der Waals surface area contributed by atoms with Crippen molar-refractivity contribution in [2.45, 2.75) is 6.18 Å². The minimum absolute atomic E-state index is 0.0474. The first-order valence-corrected chi connectivity index (χ1v) is 4.87. The fourth-order valence-corrected chi connectivity index (χ4v) is 1.45. The predicted molar refractivity (Wildman–Crippen MR) is 59.1 cm³/mol. The SMILES string of the molecule is Nc1cc(-c2ccccc2)nc(C(F)(F)F)c1. The number of hydrogen-bond acceptors (Lipinski definition) is 2. The lowest BCUT2D eigenvalue weighted by molar-refractivity contribution is -0.141. The van der Waals surface area contributed by atoms with Crippen molar-refractivity contribution in [1.29, 1.82) is 0 Å². The molecule has 1 aromatic carbocycles. The van der Waals surface area contributed by atoms with Gasteiger partial charge >= 0.3 is 6.18 Å². The smallest absolute Gasteiger partial charge is 0.399 e. The van der Waals surface area contributed by atoms with Crippen LogP contribution in [0, 0.1) is 0 Å². The van der Waals surface area contributed by atoms with Crippen LogP contribution in [0.2, 0.25) is 0 Å². The molecule has 0 fully saturated rings. The molecule has 88 valence electrons. The number of rotatable bonds is 1. The van der Waals surface area contributed by atoms with E-state index in [1.165, 1.54) is 6.07 Å². The molecule has 2 aromatic rings. The number of hydrogen-bond donors (Lipinski definition) is 1. The largest absolute Gasteiger partial charge is 0.433 e. The molecule has 0 bridgehead atoms. The van der Waals surface area contributed by atoms with Crippen LogP contribution in [0.4, 0.5) is 18.9 Å². The van der Waals surface area contributed by atoms with E-state index in [9.17, 15) is 13.2 Å². The number of nitrogen functional groups attached to an aromatic ring is 1. The van der Waals surface area contributed by atoms with E-state index in [0.717, 1.165) is 6.07 Å². The van der Waals surface area contributed by atoms with Crippen molar-refractivity contribution in [2.24, 2.45) is 0 Å². The van der Waals surface area contributed by atoms with Crippen LogP contribution in [0.1, 0.15) is 5.69 Å². The number of aromatic nitrogens is 1. The van der Waals surface area contributed by atoms with Gasteiger partial charge in [0.25, 0.3) is 0 Å². The van der Waals surface area contributed by atoms with E-state index in [1.54, 1.807) is 30.3 Å². The number of anilines is 1. The number of pyridine rings is 1. The third kappa shape index (κ3) is 2.55. The molecule has 0 saturated carbocycles. The Hall–Kier alpha value is -2.04. The van der Waals surface area contributed by atoms with Crippen LogP contribution >= 0.6 is 0 Å². The second-order valence-corrected chi connectivity index (χ2v) is 3.53. The minimum atomic E-state index is -4.49. The first kappa shape index (κ1) is 11.4. The van der Waals surface area contributed by atoms with E-state index in [-0.39, 0.29) is 11.4 Å². The van der Waals surface area contributed by atoms with Crippen LogP contribution in [-0.2, 0) is 6.18 Å². The van der Waals surface area contributed by atoms with Gasteiger partial charge in [0.1, 0.15) is 5.69 Å². The molecule has 0 saturated heterocycles. The molecule has 2 nitrogen and oxygen atoms in total. The summed E-state index contributed by atoms with van der Waals surface area (Å²) < 4.78 is 37.6. The van der Waals surface area contributed by atoms with Gasteiger partial charge in [0.05, 0.1) is 5.69 Å². The molecule has 1 heterocycles. The van der Waals surface area contributed by atoms with Gasteiger partial charge in [-0.3, -0.25) is 0 Å². The third-order valence-corrected chi connectivity index (χ3v) is 2.21. The Morgan fingerprint density at radius 3 is 2.24 bits per heavy atom. The van der Waals surface area contributed by atoms with Gasteiger partial charge in [-0.15, -0.1) is 0 Å². The highest BCUT2D eigenvalue weighted by molar-refractivity contribution is 5.63. The maximum absolute atomic E-state index is 12.5. The molecule has 0 aliphatic rings. The van der Waals surface area contributed by atoms with Crippen LogP contribution in [0.5, 0.6) is 0 Å². The van der Waals surface area contributed by atoms with E-state index >= 15 is 0 Å². The molecule has 2 rings (SSSR count). The quantitative estimate of drug-likeness (QED) is 0.827. The van der Waals surface area contributed by atoms with Crippen molar-refractivity contribution in [3.05, 3.63) is 48.2 Å². The molecule has 0 radical (unpaired) electrons. The second-order valence-electron chi connectivity index (χ2n) is 3.53. The summed E-state index contributed by atoms with van der Waals surface area (Å²) in [5.41, 5.74) is 5.35. The molecule has 0 spiro atoms. The fourth-order valence-electron chi connectivity index (χ4n) is 1.45. The lowest BCUT2D eigenvalue weighted by Gasteiger charge is -2.09. The van der Waals surface area contributed by atoms with E-state index in [1.807, 2.05) is 0 Å². The molecule has 0 atom stereocenters. The van der Waals surface area contributed by atoms with Crippen molar-refractivity contribution in [3.63, 3.8) is 0 Å². The number of alkyl halides is 3. The van der Waals surface area contributed by atoms with Crippen LogP contribution < -0.4 is 5.73 Å². The average molecular weight is 238 g/mol. The van der Waals surface area contributed by atoms with Crippen molar-refractivity contribution in [1.82, 2.24) is 4.98 Å².